The molecule has 8 nitrogen and oxygen atoms in total. The fourth-order valence-corrected chi connectivity index (χ4v) is 5.42. The third-order valence-corrected chi connectivity index (χ3v) is 8.06. The minimum atomic E-state index is -6.08. The summed E-state index contributed by atoms with van der Waals surface area (Å²) in [5, 5.41) is 14.5. The molecule has 1 aromatic carbocycles. The lowest BCUT2D eigenvalue weighted by Gasteiger charge is -2.34. The lowest BCUT2D eigenvalue weighted by Crippen LogP contribution is -2.62. The zero-order valence-corrected chi connectivity index (χ0v) is 21.3. The van der Waals surface area contributed by atoms with Crippen molar-refractivity contribution < 1.29 is 39.9 Å². The molecule has 2 aromatic rings. The third-order valence-electron chi connectivity index (χ3n) is 6.43. The summed E-state index contributed by atoms with van der Waals surface area (Å²) in [7, 11) is -3.35. The van der Waals surface area contributed by atoms with Crippen molar-refractivity contribution in [3.8, 4) is 0 Å². The van der Waals surface area contributed by atoms with E-state index in [-0.39, 0.29) is 29.4 Å². The summed E-state index contributed by atoms with van der Waals surface area (Å²) in [5.74, 6) is 0.451. The summed E-state index contributed by atoms with van der Waals surface area (Å²) < 4.78 is 106. The van der Waals surface area contributed by atoms with Crippen molar-refractivity contribution in [2.75, 3.05) is 42.3 Å². The minimum Gasteiger partial charge on any atom is -0.369 e. The molecule has 1 aromatic heterocycles. The average Bonchev–Trinajstić information content (AvgIpc) is 3.27. The highest BCUT2D eigenvalue weighted by Gasteiger charge is 2.74. The number of anilines is 2. The molecule has 1 saturated heterocycles. The molecule has 0 aliphatic carbocycles. The van der Waals surface area contributed by atoms with Crippen molar-refractivity contribution >= 4 is 38.8 Å². The summed E-state index contributed by atoms with van der Waals surface area (Å²) in [6.07, 6.45) is -10.7. The predicted octanol–water partition coefficient (Wildman–Crippen LogP) is 3.98. The molecule has 0 spiro atoms. The Morgan fingerprint density at radius 2 is 1.58 bits per heavy atom. The van der Waals surface area contributed by atoms with E-state index in [9.17, 15) is 39.9 Å². The predicted molar refractivity (Wildman–Crippen MR) is 129 cm³/mol. The number of halogens is 7. The van der Waals surface area contributed by atoms with Gasteiger partial charge in [0.1, 0.15) is 5.82 Å². The maximum Gasteiger partial charge on any atom is 0.431 e. The van der Waals surface area contributed by atoms with Crippen molar-refractivity contribution in [3.05, 3.63) is 53.2 Å². The molecule has 1 fully saturated rings. The van der Waals surface area contributed by atoms with E-state index in [1.54, 1.807) is 4.90 Å². The molecule has 0 radical (unpaired) electrons. The van der Waals surface area contributed by atoms with Crippen LogP contribution < -0.4 is 9.91 Å². The Morgan fingerprint density at radius 1 is 0.974 bits per heavy atom. The van der Waals surface area contributed by atoms with Gasteiger partial charge in [0.2, 0.25) is 10.0 Å². The van der Waals surface area contributed by atoms with Crippen LogP contribution in [0.3, 0.4) is 0 Å². The summed E-state index contributed by atoms with van der Waals surface area (Å²) >= 11 is 6.18. The number of hydrazone groups is 1. The molecule has 208 valence electrons. The molecule has 4 rings (SSSR count). The molecule has 3 heterocycles. The van der Waals surface area contributed by atoms with E-state index in [4.69, 9.17) is 11.6 Å². The van der Waals surface area contributed by atoms with Crippen LogP contribution in [0.4, 0.5) is 37.8 Å². The zero-order valence-electron chi connectivity index (χ0n) is 19.7. The van der Waals surface area contributed by atoms with Crippen LogP contribution in [0.1, 0.15) is 18.0 Å². The average molecular weight is 586 g/mol. The molecule has 1 atom stereocenters. The van der Waals surface area contributed by atoms with Gasteiger partial charge in [-0.3, -0.25) is 5.01 Å². The second-order valence-electron chi connectivity index (χ2n) is 8.87. The summed E-state index contributed by atoms with van der Waals surface area (Å²) in [4.78, 5) is 6.12. The second kappa shape index (κ2) is 9.84. The van der Waals surface area contributed by atoms with Gasteiger partial charge < -0.3 is 10.0 Å². The monoisotopic (exact) mass is 585 g/mol. The molecular weight excluding hydrogens is 564 g/mol. The summed E-state index contributed by atoms with van der Waals surface area (Å²) in [6.45, 7) is 1.14. The number of rotatable bonds is 5. The first kappa shape index (κ1) is 28.4. The van der Waals surface area contributed by atoms with Gasteiger partial charge in [-0.15, -0.1) is 0 Å². The quantitative estimate of drug-likeness (QED) is 0.534. The van der Waals surface area contributed by atoms with Crippen LogP contribution in [-0.2, 0) is 10.0 Å². The Bertz CT molecular complexity index is 1300. The van der Waals surface area contributed by atoms with E-state index in [0.717, 1.165) is 11.3 Å². The Morgan fingerprint density at radius 3 is 2.08 bits per heavy atom. The number of piperazine rings is 1. The number of alkyl halides is 6. The normalized spacial score (nSPS) is 20.1. The number of hydrogen-bond acceptors (Lipinski definition) is 7. The highest BCUT2D eigenvalue weighted by molar-refractivity contribution is 7.88. The van der Waals surface area contributed by atoms with Crippen molar-refractivity contribution in [3.63, 3.8) is 0 Å². The van der Waals surface area contributed by atoms with Gasteiger partial charge in [0.25, 0.3) is 5.60 Å². The van der Waals surface area contributed by atoms with Gasteiger partial charge in [0.05, 0.1) is 28.7 Å². The lowest BCUT2D eigenvalue weighted by molar-refractivity contribution is -0.338. The third kappa shape index (κ3) is 5.16. The number of nitrogens with zero attached hydrogens (tertiary/aromatic N) is 5. The summed E-state index contributed by atoms with van der Waals surface area (Å²) in [5.41, 5.74) is -6.42. The van der Waals surface area contributed by atoms with Crippen LogP contribution >= 0.6 is 11.6 Å². The SMILES string of the molecule is CS(=O)(=O)N1CCN(c2ccc(C3CC(C(O)(C(F)(F)F)C(F)(F)F)=NN3c3ccccc3Cl)cn2)CC1. The first-order chi connectivity index (χ1) is 17.5. The lowest BCUT2D eigenvalue weighted by atomic mass is 9.90. The molecule has 0 saturated carbocycles. The highest BCUT2D eigenvalue weighted by Crippen LogP contribution is 2.49. The van der Waals surface area contributed by atoms with Crippen molar-refractivity contribution in [2.45, 2.75) is 30.4 Å². The maximum atomic E-state index is 13.6. The van der Waals surface area contributed by atoms with Gasteiger partial charge in [-0.2, -0.15) is 35.7 Å². The minimum absolute atomic E-state index is 0.0263. The van der Waals surface area contributed by atoms with Gasteiger partial charge in [-0.05, 0) is 23.8 Å². The Hall–Kier alpha value is -2.62. The summed E-state index contributed by atoms with van der Waals surface area (Å²) in [6, 6.07) is 7.63. The molecule has 1 unspecified atom stereocenters. The Kier molecular flexibility index (Phi) is 7.35. The van der Waals surface area contributed by atoms with Crippen LogP contribution in [0.15, 0.2) is 47.7 Å². The highest BCUT2D eigenvalue weighted by atomic mass is 35.5. The van der Waals surface area contributed by atoms with Crippen molar-refractivity contribution in [1.29, 1.82) is 0 Å². The first-order valence-electron chi connectivity index (χ1n) is 11.2. The molecule has 38 heavy (non-hydrogen) atoms. The largest absolute Gasteiger partial charge is 0.431 e. The van der Waals surface area contributed by atoms with E-state index in [1.807, 2.05) is 0 Å². The number of hydrogen-bond donors (Lipinski definition) is 1. The number of sulfonamides is 1. The van der Waals surface area contributed by atoms with E-state index in [2.05, 4.69) is 10.1 Å². The van der Waals surface area contributed by atoms with Gasteiger partial charge in [0, 0.05) is 38.8 Å². The van der Waals surface area contributed by atoms with Crippen LogP contribution in [0.25, 0.3) is 0 Å². The molecule has 0 bridgehead atoms. The maximum absolute atomic E-state index is 13.6. The van der Waals surface area contributed by atoms with Gasteiger partial charge in [0.15, 0.2) is 0 Å². The molecule has 2 aliphatic rings. The van der Waals surface area contributed by atoms with E-state index in [0.29, 0.717) is 18.9 Å². The fourth-order valence-electron chi connectivity index (χ4n) is 4.37. The smallest absolute Gasteiger partial charge is 0.369 e. The number of aliphatic hydroxyl groups is 1. The van der Waals surface area contributed by atoms with E-state index < -0.39 is 46.2 Å². The number of aromatic nitrogens is 1. The second-order valence-corrected chi connectivity index (χ2v) is 11.3. The van der Waals surface area contributed by atoms with Crippen molar-refractivity contribution in [1.82, 2.24) is 9.29 Å². The number of para-hydroxylation sites is 1. The van der Waals surface area contributed by atoms with Crippen LogP contribution in [0, 0.1) is 0 Å². The zero-order chi connectivity index (χ0) is 28.1. The van der Waals surface area contributed by atoms with Crippen molar-refractivity contribution in [2.24, 2.45) is 5.10 Å². The number of benzene rings is 1. The molecule has 2 aliphatic heterocycles. The van der Waals surface area contributed by atoms with E-state index in [1.165, 1.54) is 46.9 Å². The van der Waals surface area contributed by atoms with Gasteiger partial charge >= 0.3 is 12.4 Å². The van der Waals surface area contributed by atoms with E-state index >= 15 is 0 Å². The topological polar surface area (TPSA) is 89.3 Å². The first-order valence-corrected chi connectivity index (χ1v) is 13.4. The molecule has 16 heteroatoms. The molecule has 1 N–H and O–H groups in total. The molecule has 0 amide bonds. The van der Waals surface area contributed by atoms with Crippen LogP contribution in [-0.4, -0.2) is 78.9 Å². The van der Waals surface area contributed by atoms with Gasteiger partial charge in [-0.25, -0.2) is 13.4 Å². The van der Waals surface area contributed by atoms with Gasteiger partial charge in [-0.1, -0.05) is 29.8 Å². The Balaban J connectivity index is 1.66. The standard InChI is InChI=1S/C22H22ClF6N5O3S/c1-38(36,37)33-10-8-32(9-11-33)19-7-6-14(13-30-19)17-12-18(20(35,21(24,25)26)22(27,28)29)31-34(17)16-5-3-2-4-15(16)23/h2-7,13,17,35H,8-12H2,1H3. The fraction of sp³-hybridized carbons (Fsp3) is 0.455. The molecular formula is C22H22ClF6N5O3S. The Labute approximate surface area is 219 Å². The number of pyridine rings is 1. The van der Waals surface area contributed by atoms with Crippen LogP contribution in [0.2, 0.25) is 5.02 Å². The van der Waals surface area contributed by atoms with Crippen LogP contribution in [0.5, 0.6) is 0 Å².